The smallest absolute Gasteiger partial charge is 0.251 e. The van der Waals surface area contributed by atoms with Crippen molar-refractivity contribution in [2.24, 2.45) is 0 Å². The van der Waals surface area contributed by atoms with E-state index in [1.807, 2.05) is 24.3 Å². The molecule has 4 nitrogen and oxygen atoms in total. The maximum absolute atomic E-state index is 12.4. The van der Waals surface area contributed by atoms with Crippen LogP contribution in [0.25, 0.3) is 0 Å². The SMILES string of the molecule is COc1ccc(CCCNC(=O)c2ccc(CN3CCc4ccccc4C3)cc2)cc1. The van der Waals surface area contributed by atoms with E-state index in [-0.39, 0.29) is 5.91 Å². The van der Waals surface area contributed by atoms with Crippen LogP contribution in [0.3, 0.4) is 0 Å². The van der Waals surface area contributed by atoms with Gasteiger partial charge in [0, 0.05) is 31.7 Å². The van der Waals surface area contributed by atoms with E-state index in [1.54, 1.807) is 7.11 Å². The van der Waals surface area contributed by atoms with E-state index in [9.17, 15) is 4.79 Å². The zero-order chi connectivity index (χ0) is 21.5. The normalized spacial score (nSPS) is 13.5. The van der Waals surface area contributed by atoms with Crippen LogP contribution in [0.2, 0.25) is 0 Å². The first kappa shape index (κ1) is 21.1. The molecule has 1 amide bonds. The molecule has 0 aliphatic carbocycles. The lowest BCUT2D eigenvalue weighted by molar-refractivity contribution is 0.0953. The molecule has 3 aromatic rings. The van der Waals surface area contributed by atoms with Gasteiger partial charge in [-0.05, 0) is 65.8 Å². The van der Waals surface area contributed by atoms with Gasteiger partial charge >= 0.3 is 0 Å². The van der Waals surface area contributed by atoms with Gasteiger partial charge in [-0.3, -0.25) is 9.69 Å². The van der Waals surface area contributed by atoms with Crippen LogP contribution in [0.4, 0.5) is 0 Å². The first-order valence-corrected chi connectivity index (χ1v) is 11.0. The third-order valence-electron chi connectivity index (χ3n) is 5.92. The van der Waals surface area contributed by atoms with Crippen molar-refractivity contribution in [3.05, 3.63) is 101 Å². The van der Waals surface area contributed by atoms with E-state index >= 15 is 0 Å². The summed E-state index contributed by atoms with van der Waals surface area (Å²) in [4.78, 5) is 14.9. The molecule has 1 heterocycles. The standard InChI is InChI=1S/C27H30N2O2/c1-31-26-14-10-21(11-15-26)5-4-17-28-27(30)24-12-8-22(9-13-24)19-29-18-16-23-6-2-3-7-25(23)20-29/h2-3,6-15H,4-5,16-20H2,1H3,(H,28,30). The number of methoxy groups -OCH3 is 1. The van der Waals surface area contributed by atoms with E-state index in [0.29, 0.717) is 6.54 Å². The Morgan fingerprint density at radius 1 is 0.935 bits per heavy atom. The molecule has 160 valence electrons. The van der Waals surface area contributed by atoms with Crippen molar-refractivity contribution in [1.29, 1.82) is 0 Å². The number of aryl methyl sites for hydroxylation is 1. The lowest BCUT2D eigenvalue weighted by Gasteiger charge is -2.28. The highest BCUT2D eigenvalue weighted by Crippen LogP contribution is 2.20. The molecule has 0 saturated heterocycles. The number of carbonyl (C=O) groups is 1. The van der Waals surface area contributed by atoms with E-state index < -0.39 is 0 Å². The summed E-state index contributed by atoms with van der Waals surface area (Å²) < 4.78 is 5.18. The van der Waals surface area contributed by atoms with Gasteiger partial charge in [-0.25, -0.2) is 0 Å². The van der Waals surface area contributed by atoms with E-state index in [2.05, 4.69) is 58.7 Å². The number of benzene rings is 3. The molecule has 1 aliphatic rings. The molecule has 0 unspecified atom stereocenters. The highest BCUT2D eigenvalue weighted by molar-refractivity contribution is 5.94. The van der Waals surface area contributed by atoms with Crippen molar-refractivity contribution >= 4 is 5.91 Å². The minimum Gasteiger partial charge on any atom is -0.497 e. The summed E-state index contributed by atoms with van der Waals surface area (Å²) in [7, 11) is 1.67. The third-order valence-corrected chi connectivity index (χ3v) is 5.92. The second kappa shape index (κ2) is 10.3. The topological polar surface area (TPSA) is 41.6 Å². The second-order valence-electron chi connectivity index (χ2n) is 8.13. The summed E-state index contributed by atoms with van der Waals surface area (Å²) in [6.07, 6.45) is 2.95. The summed E-state index contributed by atoms with van der Waals surface area (Å²) >= 11 is 0. The average molecular weight is 415 g/mol. The van der Waals surface area contributed by atoms with Crippen LogP contribution in [-0.2, 0) is 25.9 Å². The Hall–Kier alpha value is -3.11. The second-order valence-corrected chi connectivity index (χ2v) is 8.13. The Kier molecular flexibility index (Phi) is 7.00. The summed E-state index contributed by atoms with van der Waals surface area (Å²) in [6.45, 7) is 3.65. The van der Waals surface area contributed by atoms with Gasteiger partial charge in [-0.15, -0.1) is 0 Å². The molecule has 0 radical (unpaired) electrons. The molecular weight excluding hydrogens is 384 g/mol. The quantitative estimate of drug-likeness (QED) is 0.547. The van der Waals surface area contributed by atoms with Gasteiger partial charge in [0.05, 0.1) is 7.11 Å². The molecule has 0 spiro atoms. The molecule has 4 rings (SSSR count). The van der Waals surface area contributed by atoms with Gasteiger partial charge in [0.1, 0.15) is 5.75 Å². The zero-order valence-electron chi connectivity index (χ0n) is 18.1. The summed E-state index contributed by atoms with van der Waals surface area (Å²) in [6, 6.07) is 24.8. The average Bonchev–Trinajstić information content (AvgIpc) is 2.82. The molecule has 1 aliphatic heterocycles. The van der Waals surface area contributed by atoms with Crippen LogP contribution < -0.4 is 10.1 Å². The Morgan fingerprint density at radius 2 is 1.65 bits per heavy atom. The molecule has 4 heteroatoms. The third kappa shape index (κ3) is 5.74. The Labute approximate surface area is 184 Å². The van der Waals surface area contributed by atoms with E-state index in [4.69, 9.17) is 4.74 Å². The molecule has 0 saturated carbocycles. The summed E-state index contributed by atoms with van der Waals surface area (Å²) in [5.41, 5.74) is 6.12. The Balaban J connectivity index is 1.22. The fourth-order valence-electron chi connectivity index (χ4n) is 4.10. The highest BCUT2D eigenvalue weighted by atomic mass is 16.5. The Bertz CT molecular complexity index is 997. The number of amides is 1. The number of hydrogen-bond acceptors (Lipinski definition) is 3. The number of rotatable bonds is 8. The molecule has 1 N–H and O–H groups in total. The van der Waals surface area contributed by atoms with Gasteiger partial charge < -0.3 is 10.1 Å². The number of nitrogens with one attached hydrogen (secondary N) is 1. The predicted octanol–water partition coefficient (Wildman–Crippen LogP) is 4.62. The Morgan fingerprint density at radius 3 is 2.39 bits per heavy atom. The van der Waals surface area contributed by atoms with Crippen molar-refractivity contribution < 1.29 is 9.53 Å². The van der Waals surface area contributed by atoms with Gasteiger partial charge in [0.15, 0.2) is 0 Å². The van der Waals surface area contributed by atoms with Gasteiger partial charge in [0.2, 0.25) is 0 Å². The summed E-state index contributed by atoms with van der Waals surface area (Å²) in [5.74, 6) is 0.860. The minimum atomic E-state index is -0.00631. The zero-order valence-corrected chi connectivity index (χ0v) is 18.1. The maximum Gasteiger partial charge on any atom is 0.251 e. The van der Waals surface area contributed by atoms with Crippen LogP contribution >= 0.6 is 0 Å². The predicted molar refractivity (Wildman–Crippen MR) is 124 cm³/mol. The lowest BCUT2D eigenvalue weighted by Crippen LogP contribution is -2.30. The largest absolute Gasteiger partial charge is 0.497 e. The van der Waals surface area contributed by atoms with E-state index in [0.717, 1.165) is 50.2 Å². The number of fused-ring (bicyclic) bond motifs is 1. The van der Waals surface area contributed by atoms with Gasteiger partial charge in [0.25, 0.3) is 5.91 Å². The van der Waals surface area contributed by atoms with Gasteiger partial charge in [-0.2, -0.15) is 0 Å². The number of hydrogen-bond donors (Lipinski definition) is 1. The molecule has 0 aromatic heterocycles. The van der Waals surface area contributed by atoms with Crippen LogP contribution in [0.1, 0.15) is 39.0 Å². The molecule has 31 heavy (non-hydrogen) atoms. The fraction of sp³-hybridized carbons (Fsp3) is 0.296. The van der Waals surface area contributed by atoms with Crippen LogP contribution in [-0.4, -0.2) is 31.0 Å². The van der Waals surface area contributed by atoms with Gasteiger partial charge in [-0.1, -0.05) is 48.5 Å². The maximum atomic E-state index is 12.4. The molecule has 0 atom stereocenters. The number of carbonyl (C=O) groups excluding carboxylic acids is 1. The monoisotopic (exact) mass is 414 g/mol. The number of nitrogens with zero attached hydrogens (tertiary/aromatic N) is 1. The first-order chi connectivity index (χ1) is 15.2. The molecule has 0 fully saturated rings. The van der Waals surface area contributed by atoms with Crippen LogP contribution in [0.5, 0.6) is 5.75 Å². The van der Waals surface area contributed by atoms with Crippen molar-refractivity contribution in [3.8, 4) is 5.75 Å². The van der Waals surface area contributed by atoms with E-state index in [1.165, 1.54) is 22.3 Å². The molecular formula is C27H30N2O2. The molecule has 0 bridgehead atoms. The summed E-state index contributed by atoms with van der Waals surface area (Å²) in [5, 5.41) is 3.03. The van der Waals surface area contributed by atoms with Crippen LogP contribution in [0.15, 0.2) is 72.8 Å². The van der Waals surface area contributed by atoms with Crippen molar-refractivity contribution in [3.63, 3.8) is 0 Å². The van der Waals surface area contributed by atoms with Crippen molar-refractivity contribution in [2.75, 3.05) is 20.2 Å². The number of ether oxygens (including phenoxy) is 1. The van der Waals surface area contributed by atoms with Crippen molar-refractivity contribution in [1.82, 2.24) is 10.2 Å². The minimum absolute atomic E-state index is 0.00631. The lowest BCUT2D eigenvalue weighted by atomic mass is 9.99. The highest BCUT2D eigenvalue weighted by Gasteiger charge is 2.16. The van der Waals surface area contributed by atoms with Crippen molar-refractivity contribution in [2.45, 2.75) is 32.4 Å². The molecule has 3 aromatic carbocycles. The van der Waals surface area contributed by atoms with Crippen LogP contribution in [0, 0.1) is 0 Å². The fourth-order valence-corrected chi connectivity index (χ4v) is 4.10. The first-order valence-electron chi connectivity index (χ1n) is 11.0.